The number of hydrogen-bond donors (Lipinski definition) is 2. The first-order valence-corrected chi connectivity index (χ1v) is 8.17. The number of rotatable bonds is 4. The summed E-state index contributed by atoms with van der Waals surface area (Å²) in [6, 6.07) is 3.83. The third-order valence-corrected chi connectivity index (χ3v) is 4.86. The van der Waals surface area contributed by atoms with Crippen molar-refractivity contribution in [3.05, 3.63) is 22.2 Å². The fraction of sp³-hybridized carbons (Fsp3) is 0.562. The number of methoxy groups -OCH3 is 1. The van der Waals surface area contributed by atoms with Crippen molar-refractivity contribution >= 4 is 27.5 Å². The summed E-state index contributed by atoms with van der Waals surface area (Å²) in [6.07, 6.45) is 5.07. The van der Waals surface area contributed by atoms with Crippen molar-refractivity contribution in [3.8, 4) is 5.75 Å². The Morgan fingerprint density at radius 2 is 2.05 bits per heavy atom. The summed E-state index contributed by atoms with van der Waals surface area (Å²) >= 11 is 3.44. The Morgan fingerprint density at radius 1 is 1.38 bits per heavy atom. The van der Waals surface area contributed by atoms with Crippen molar-refractivity contribution in [2.75, 3.05) is 19.0 Å². The number of nitrogens with one attached hydrogen (secondary N) is 1. The minimum absolute atomic E-state index is 0.0217. The van der Waals surface area contributed by atoms with Crippen LogP contribution in [0.3, 0.4) is 0 Å². The molecule has 1 fully saturated rings. The molecule has 0 radical (unpaired) electrons. The van der Waals surface area contributed by atoms with Crippen LogP contribution in [0.4, 0.5) is 5.69 Å². The summed E-state index contributed by atoms with van der Waals surface area (Å²) in [5.74, 6) is 0.687. The van der Waals surface area contributed by atoms with Gasteiger partial charge in [-0.05, 0) is 37.5 Å². The first-order valence-electron chi connectivity index (χ1n) is 7.38. The van der Waals surface area contributed by atoms with E-state index in [2.05, 4.69) is 21.2 Å². The molecule has 2 rings (SSSR count). The first-order chi connectivity index (χ1) is 10.0. The van der Waals surface area contributed by atoms with Crippen LogP contribution in [-0.4, -0.2) is 19.6 Å². The monoisotopic (exact) mass is 354 g/mol. The quantitative estimate of drug-likeness (QED) is 0.867. The van der Waals surface area contributed by atoms with Crippen LogP contribution in [0.15, 0.2) is 16.6 Å². The van der Waals surface area contributed by atoms with Crippen molar-refractivity contribution in [3.63, 3.8) is 0 Å². The van der Waals surface area contributed by atoms with E-state index in [1.54, 1.807) is 7.11 Å². The highest BCUT2D eigenvalue weighted by Crippen LogP contribution is 2.38. The Labute approximate surface area is 134 Å². The first kappa shape index (κ1) is 16.3. The lowest BCUT2D eigenvalue weighted by atomic mass is 9.73. The van der Waals surface area contributed by atoms with Gasteiger partial charge in [-0.25, -0.2) is 0 Å². The molecule has 1 saturated carbocycles. The number of hydrogen-bond acceptors (Lipinski definition) is 3. The van der Waals surface area contributed by atoms with E-state index in [0.717, 1.165) is 41.4 Å². The average Bonchev–Trinajstić information content (AvgIpc) is 2.50. The van der Waals surface area contributed by atoms with Gasteiger partial charge in [-0.1, -0.05) is 35.2 Å². The third kappa shape index (κ3) is 3.40. The Kier molecular flexibility index (Phi) is 5.27. The largest absolute Gasteiger partial charge is 0.495 e. The summed E-state index contributed by atoms with van der Waals surface area (Å²) in [6.45, 7) is 2.36. The van der Waals surface area contributed by atoms with Gasteiger partial charge < -0.3 is 15.8 Å². The number of nitrogens with two attached hydrogens (primary N) is 1. The van der Waals surface area contributed by atoms with E-state index in [9.17, 15) is 4.79 Å². The molecule has 0 saturated heterocycles. The van der Waals surface area contributed by atoms with Crippen molar-refractivity contribution < 1.29 is 9.53 Å². The Hall–Kier alpha value is -1.07. The zero-order chi connectivity index (χ0) is 15.5. The lowest BCUT2D eigenvalue weighted by Crippen LogP contribution is -2.44. The lowest BCUT2D eigenvalue weighted by molar-refractivity contribution is -0.126. The van der Waals surface area contributed by atoms with Crippen LogP contribution in [0, 0.1) is 12.3 Å². The molecular weight excluding hydrogens is 332 g/mol. The number of aryl methyl sites for hydroxylation is 1. The molecule has 3 N–H and O–H groups in total. The van der Waals surface area contributed by atoms with Crippen LogP contribution >= 0.6 is 15.9 Å². The van der Waals surface area contributed by atoms with E-state index in [4.69, 9.17) is 10.5 Å². The van der Waals surface area contributed by atoms with Crippen LogP contribution in [0.2, 0.25) is 0 Å². The molecule has 0 unspecified atom stereocenters. The van der Waals surface area contributed by atoms with Crippen LogP contribution in [0.1, 0.15) is 37.7 Å². The van der Waals surface area contributed by atoms with Gasteiger partial charge in [-0.3, -0.25) is 4.79 Å². The molecule has 5 heteroatoms. The van der Waals surface area contributed by atoms with Crippen molar-refractivity contribution in [1.29, 1.82) is 0 Å². The Bertz CT molecular complexity index is 525. The topological polar surface area (TPSA) is 64.3 Å². The molecule has 116 valence electrons. The van der Waals surface area contributed by atoms with Crippen molar-refractivity contribution in [1.82, 2.24) is 0 Å². The van der Waals surface area contributed by atoms with Gasteiger partial charge in [-0.2, -0.15) is 0 Å². The number of anilines is 1. The van der Waals surface area contributed by atoms with Gasteiger partial charge in [0.2, 0.25) is 5.91 Å². The zero-order valence-electron chi connectivity index (χ0n) is 12.7. The van der Waals surface area contributed by atoms with Gasteiger partial charge in [0.15, 0.2) is 0 Å². The molecule has 1 aliphatic rings. The Morgan fingerprint density at radius 3 is 2.62 bits per heavy atom. The van der Waals surface area contributed by atoms with Crippen LogP contribution in [-0.2, 0) is 4.79 Å². The normalized spacial score (nSPS) is 17.3. The predicted octanol–water partition coefficient (Wildman–Crippen LogP) is 3.61. The maximum absolute atomic E-state index is 12.8. The smallest absolute Gasteiger partial charge is 0.231 e. The fourth-order valence-corrected chi connectivity index (χ4v) is 3.58. The van der Waals surface area contributed by atoms with Gasteiger partial charge in [-0.15, -0.1) is 0 Å². The molecule has 0 bridgehead atoms. The number of benzene rings is 1. The number of amides is 1. The lowest BCUT2D eigenvalue weighted by Gasteiger charge is -2.35. The summed E-state index contributed by atoms with van der Waals surface area (Å²) in [7, 11) is 1.61. The summed E-state index contributed by atoms with van der Waals surface area (Å²) in [4.78, 5) is 12.8. The second kappa shape index (κ2) is 6.79. The predicted molar refractivity (Wildman–Crippen MR) is 88.6 cm³/mol. The van der Waals surface area contributed by atoms with Crippen molar-refractivity contribution in [2.24, 2.45) is 11.1 Å². The molecule has 4 nitrogen and oxygen atoms in total. The average molecular weight is 355 g/mol. The van der Waals surface area contributed by atoms with Crippen LogP contribution in [0.5, 0.6) is 5.75 Å². The second-order valence-corrected chi connectivity index (χ2v) is 6.71. The van der Waals surface area contributed by atoms with Gasteiger partial charge >= 0.3 is 0 Å². The minimum Gasteiger partial charge on any atom is -0.495 e. The molecule has 1 amide bonds. The molecule has 21 heavy (non-hydrogen) atoms. The SMILES string of the molecule is COc1cc(Br)cc(C)c1NC(=O)C1(CN)CCCCC1. The summed E-state index contributed by atoms with van der Waals surface area (Å²) in [5, 5.41) is 3.05. The second-order valence-electron chi connectivity index (χ2n) is 5.80. The van der Waals surface area contributed by atoms with E-state index in [1.165, 1.54) is 6.42 Å². The maximum Gasteiger partial charge on any atom is 0.231 e. The number of carbonyl (C=O) groups excluding carboxylic acids is 1. The van der Waals surface area contributed by atoms with Crippen LogP contribution < -0.4 is 15.8 Å². The molecule has 0 atom stereocenters. The van der Waals surface area contributed by atoms with E-state index < -0.39 is 5.41 Å². The van der Waals surface area contributed by atoms with E-state index in [0.29, 0.717) is 12.3 Å². The highest BCUT2D eigenvalue weighted by atomic mass is 79.9. The fourth-order valence-electron chi connectivity index (χ4n) is 3.03. The standard InChI is InChI=1S/C16H23BrN2O2/c1-11-8-12(17)9-13(21-2)14(11)19-15(20)16(10-18)6-4-3-5-7-16/h8-9H,3-7,10,18H2,1-2H3,(H,19,20). The van der Waals surface area contributed by atoms with Crippen molar-refractivity contribution in [2.45, 2.75) is 39.0 Å². The minimum atomic E-state index is -0.428. The number of halogens is 1. The highest BCUT2D eigenvalue weighted by molar-refractivity contribution is 9.10. The van der Waals surface area contributed by atoms with E-state index in [1.807, 2.05) is 19.1 Å². The molecule has 0 aliphatic heterocycles. The molecule has 1 aromatic rings. The highest BCUT2D eigenvalue weighted by Gasteiger charge is 2.38. The summed E-state index contributed by atoms with van der Waals surface area (Å²) < 4.78 is 6.32. The molecule has 0 aromatic heterocycles. The molecule has 0 spiro atoms. The van der Waals surface area contributed by atoms with Gasteiger partial charge in [0, 0.05) is 11.0 Å². The van der Waals surface area contributed by atoms with E-state index >= 15 is 0 Å². The summed E-state index contributed by atoms with van der Waals surface area (Å²) in [5.41, 5.74) is 7.21. The third-order valence-electron chi connectivity index (χ3n) is 4.41. The van der Waals surface area contributed by atoms with Gasteiger partial charge in [0.05, 0.1) is 18.2 Å². The molecule has 1 aromatic carbocycles. The van der Waals surface area contributed by atoms with Gasteiger partial charge in [0.25, 0.3) is 0 Å². The van der Waals surface area contributed by atoms with Crippen LogP contribution in [0.25, 0.3) is 0 Å². The molecule has 0 heterocycles. The zero-order valence-corrected chi connectivity index (χ0v) is 14.3. The number of ether oxygens (including phenoxy) is 1. The molecular formula is C16H23BrN2O2. The Balaban J connectivity index is 2.26. The maximum atomic E-state index is 12.8. The number of carbonyl (C=O) groups is 1. The van der Waals surface area contributed by atoms with E-state index in [-0.39, 0.29) is 5.91 Å². The molecule has 1 aliphatic carbocycles. The van der Waals surface area contributed by atoms with Gasteiger partial charge in [0.1, 0.15) is 5.75 Å².